The molecule has 6 fully saturated rings. The van der Waals surface area contributed by atoms with E-state index in [-0.39, 0.29) is 36.6 Å². The SMILES string of the molecule is C[C@@H]1CN(c2cc(N)nc3cc(-c4ccn[nH]4)sc23)CCO1.C[C@@H]1CN(c2cc(N)nc3cc(-c4ccn[nH]4)sc23)C[C@H](C)O1.C[C@H]1CN(c2cc(N)nc3cc(-c4ccn[nH]4)sc23)C[C@H](C)O1.Nc1cc(N2CCCC(O)C2)c2sc(-c3ccn[nH]3)cc2n1.Nc1cc(N2CCN(C3CCCCC3)CC2)c2sc(-c3ccn[nH]3)cc2n1. The maximum absolute atomic E-state index is 9.94. The number of nitrogens with one attached hydrogen (secondary N) is 5. The molecule has 35 heteroatoms. The Hall–Kier alpha value is -10.6. The molecule has 6 aliphatic rings. The Labute approximate surface area is 696 Å². The Kier molecular flexibility index (Phi) is 23.5. The molecule has 0 bridgehead atoms. The summed E-state index contributed by atoms with van der Waals surface area (Å²) in [5.41, 5.74) is 45.6. The van der Waals surface area contributed by atoms with Crippen LogP contribution in [0.5, 0.6) is 0 Å². The van der Waals surface area contributed by atoms with E-state index in [1.807, 2.05) is 66.7 Å². The zero-order valence-electron chi connectivity index (χ0n) is 66.0. The van der Waals surface area contributed by atoms with Crippen LogP contribution in [-0.2, 0) is 14.2 Å². The molecule has 0 aromatic carbocycles. The number of fused-ring (bicyclic) bond motifs is 5. The van der Waals surface area contributed by atoms with Gasteiger partial charge in [0.05, 0.1) is 176 Å². The quantitative estimate of drug-likeness (QED) is 0.0573. The number of nitrogens with zero attached hydrogens (tertiary/aromatic N) is 16. The summed E-state index contributed by atoms with van der Waals surface area (Å²) in [4.78, 5) is 42.5. The summed E-state index contributed by atoms with van der Waals surface area (Å²) >= 11 is 8.58. The molecule has 0 spiro atoms. The van der Waals surface area contributed by atoms with Gasteiger partial charge in [-0.25, -0.2) is 24.9 Å². The van der Waals surface area contributed by atoms with Crippen LogP contribution in [-0.4, -0.2) is 214 Å². The molecule has 15 aromatic rings. The van der Waals surface area contributed by atoms with Crippen molar-refractivity contribution < 1.29 is 19.3 Å². The number of aliphatic hydroxyl groups excluding tert-OH is 1. The fraction of sp³-hybridized carbons (Fsp3) is 0.390. The Morgan fingerprint density at radius 3 is 0.957 bits per heavy atom. The van der Waals surface area contributed by atoms with E-state index in [1.54, 1.807) is 87.7 Å². The highest BCUT2D eigenvalue weighted by Gasteiger charge is 2.31. The third-order valence-corrected chi connectivity index (χ3v) is 27.7. The number of pyridine rings is 5. The lowest BCUT2D eigenvalue weighted by Gasteiger charge is -2.41. The summed E-state index contributed by atoms with van der Waals surface area (Å²) in [5, 5.41) is 45.1. The minimum absolute atomic E-state index is 0.204. The van der Waals surface area contributed by atoms with E-state index in [0.29, 0.717) is 35.6 Å². The van der Waals surface area contributed by atoms with Gasteiger partial charge in [-0.05, 0) is 121 Å². The second-order valence-corrected chi connectivity index (χ2v) is 36.1. The lowest BCUT2D eigenvalue weighted by atomic mass is 9.94. The summed E-state index contributed by atoms with van der Waals surface area (Å²) in [5.74, 6) is 2.76. The number of aliphatic hydroxyl groups is 1. The van der Waals surface area contributed by atoms with Gasteiger partial charge < -0.3 is 72.5 Å². The number of H-pyrrole nitrogens is 5. The molecule has 0 amide bonds. The van der Waals surface area contributed by atoms with Gasteiger partial charge in [-0.1, -0.05) is 19.3 Å². The van der Waals surface area contributed by atoms with Gasteiger partial charge in [-0.2, -0.15) is 25.5 Å². The molecule has 0 radical (unpaired) electrons. The number of hydrogen-bond acceptors (Lipinski definition) is 30. The first-order valence-corrected chi connectivity index (χ1v) is 44.1. The van der Waals surface area contributed by atoms with Crippen LogP contribution in [0, 0.1) is 0 Å². The average molecular weight is 1670 g/mol. The monoisotopic (exact) mass is 1670 g/mol. The summed E-state index contributed by atoms with van der Waals surface area (Å²) in [6, 6.07) is 30.9. The molecule has 1 saturated carbocycles. The molecule has 1 unspecified atom stereocenters. The zero-order chi connectivity index (χ0) is 80.4. The Morgan fingerprint density at radius 2 is 0.650 bits per heavy atom. The molecule has 1 aliphatic carbocycles. The summed E-state index contributed by atoms with van der Waals surface area (Å²) in [6.45, 7) is 22.5. The molecular formula is C82H98N26O4S5. The Balaban J connectivity index is 0.000000105. The highest BCUT2D eigenvalue weighted by atomic mass is 32.1. The van der Waals surface area contributed by atoms with Crippen molar-refractivity contribution >= 4 is 165 Å². The number of aromatic nitrogens is 15. The number of β-amino-alcohol motifs (C(OH)–C–C–N with tert-alkyl or cyclic N) is 1. The minimum atomic E-state index is -0.273. The lowest BCUT2D eigenvalue weighted by molar-refractivity contribution is -0.00539. The van der Waals surface area contributed by atoms with E-state index >= 15 is 0 Å². The predicted molar refractivity (Wildman–Crippen MR) is 478 cm³/mol. The fourth-order valence-corrected chi connectivity index (χ4v) is 22.2. The molecule has 610 valence electrons. The van der Waals surface area contributed by atoms with E-state index < -0.39 is 0 Å². The molecule has 6 atom stereocenters. The molecule has 30 nitrogen and oxygen atoms in total. The van der Waals surface area contributed by atoms with E-state index in [4.69, 9.17) is 42.9 Å². The smallest absolute Gasteiger partial charge is 0.126 e. The molecule has 5 saturated heterocycles. The number of thiophene rings is 5. The molecule has 20 heterocycles. The molecular weight excluding hydrogens is 1570 g/mol. The molecule has 5 aliphatic heterocycles. The predicted octanol–water partition coefficient (Wildman–Crippen LogP) is 14.2. The maximum Gasteiger partial charge on any atom is 0.126 e. The van der Waals surface area contributed by atoms with Gasteiger partial charge >= 0.3 is 0 Å². The number of rotatable bonds is 11. The number of nitrogen functional groups attached to an aromatic ring is 5. The van der Waals surface area contributed by atoms with Crippen molar-refractivity contribution in [1.82, 2.24) is 80.8 Å². The van der Waals surface area contributed by atoms with Crippen LogP contribution in [0.1, 0.15) is 79.6 Å². The summed E-state index contributed by atoms with van der Waals surface area (Å²) in [7, 11) is 0. The highest BCUT2D eigenvalue weighted by molar-refractivity contribution is 7.24. The van der Waals surface area contributed by atoms with E-state index in [1.165, 1.54) is 42.5 Å². The van der Waals surface area contributed by atoms with Crippen LogP contribution >= 0.6 is 56.7 Å². The topological polar surface area (TPSA) is 405 Å². The second kappa shape index (κ2) is 34.9. The number of piperidine rings is 1. The number of anilines is 10. The Morgan fingerprint density at radius 1 is 0.342 bits per heavy atom. The number of ether oxygens (including phenoxy) is 3. The maximum atomic E-state index is 9.94. The molecule has 21 rings (SSSR count). The number of hydrogen-bond donors (Lipinski definition) is 11. The minimum Gasteiger partial charge on any atom is -0.391 e. The zero-order valence-corrected chi connectivity index (χ0v) is 70.1. The Bertz CT molecular complexity index is 5500. The van der Waals surface area contributed by atoms with Crippen molar-refractivity contribution in [3.05, 3.63) is 122 Å². The largest absolute Gasteiger partial charge is 0.391 e. The van der Waals surface area contributed by atoms with Crippen molar-refractivity contribution in [3.63, 3.8) is 0 Å². The number of morpholine rings is 3. The van der Waals surface area contributed by atoms with Crippen molar-refractivity contribution in [3.8, 4) is 52.9 Å². The number of piperazine rings is 1. The van der Waals surface area contributed by atoms with Crippen molar-refractivity contribution in [2.75, 3.05) is 138 Å². The second-order valence-electron chi connectivity index (χ2n) is 30.8. The third-order valence-electron chi connectivity index (χ3n) is 21.8. The van der Waals surface area contributed by atoms with E-state index in [0.717, 1.165) is 219 Å². The average Bonchev–Trinajstić information content (AvgIpc) is 1.67. The number of nitrogens with two attached hydrogens (primary N) is 5. The third kappa shape index (κ3) is 18.0. The fourth-order valence-electron chi connectivity index (χ4n) is 16.7. The van der Waals surface area contributed by atoms with Crippen LogP contribution in [0.25, 0.3) is 104 Å². The van der Waals surface area contributed by atoms with Crippen molar-refractivity contribution in [2.45, 2.75) is 122 Å². The molecule has 15 aromatic heterocycles. The summed E-state index contributed by atoms with van der Waals surface area (Å²) < 4.78 is 23.1. The summed E-state index contributed by atoms with van der Waals surface area (Å²) in [6.07, 6.45) is 18.4. The van der Waals surface area contributed by atoms with Crippen LogP contribution < -0.4 is 53.2 Å². The van der Waals surface area contributed by atoms with Gasteiger partial charge in [0.25, 0.3) is 0 Å². The van der Waals surface area contributed by atoms with Gasteiger partial charge in [0.15, 0.2) is 0 Å². The number of aromatic amines is 5. The van der Waals surface area contributed by atoms with E-state index in [9.17, 15) is 5.11 Å². The van der Waals surface area contributed by atoms with Gasteiger partial charge in [0, 0.05) is 146 Å². The van der Waals surface area contributed by atoms with Crippen molar-refractivity contribution in [2.24, 2.45) is 0 Å². The normalized spacial score (nSPS) is 20.3. The lowest BCUT2D eigenvalue weighted by Crippen LogP contribution is -2.50. The first-order chi connectivity index (χ1) is 56.9. The van der Waals surface area contributed by atoms with Crippen molar-refractivity contribution in [1.29, 1.82) is 0 Å². The van der Waals surface area contributed by atoms with Gasteiger partial charge in [0.1, 0.15) is 29.1 Å². The van der Waals surface area contributed by atoms with Crippen LogP contribution in [0.4, 0.5) is 57.5 Å². The molecule has 16 N–H and O–H groups in total. The first kappa shape index (κ1) is 78.9. The highest BCUT2D eigenvalue weighted by Crippen LogP contribution is 2.45. The van der Waals surface area contributed by atoms with Gasteiger partial charge in [0.2, 0.25) is 0 Å². The van der Waals surface area contributed by atoms with Crippen LogP contribution in [0.2, 0.25) is 0 Å². The van der Waals surface area contributed by atoms with Crippen LogP contribution in [0.3, 0.4) is 0 Å². The van der Waals surface area contributed by atoms with Gasteiger partial charge in [-0.15, -0.1) is 56.7 Å². The standard InChI is InChI=1S/C20H26N6S.2C16H19N5OS.2C15H17N5OS/c21-19-13-17(20-16(23-19)12-18(27-20)15-6-7-22-24-15)26-10-8-25(9-11-26)14-4-2-1-3-5-14;2*1-9-7-21(8-10(2)22-9)13-6-15(17)19-12-5-14(23-16(12)13)11-3-4-18-20-11;1-9-8-20(4-5-21-9)12-7-14(16)18-11-6-13(22-15(11)12)10-2-3-17-19-10;16-14-7-12(20-5-1-2-9(21)8-20)15-11(18-14)6-13(22-15)10-3-4-17-19-10/h6-7,12-14H,1-5,8-11H2,(H2,21,23)(H,22,24);2*3-6,9-10H,7-8H2,1-2H3,(H2,17,19)(H,18,20);2-3,6-7,9H,4-5,8H2,1H3,(H2,16,18)(H,17,19);3-4,6-7,9,21H,1-2,5,8H2,(H2,16,18)(H,17,19)/t;9-,10+;9-,10-;9-;/m..01./s1. The molecule has 117 heavy (non-hydrogen) atoms. The van der Waals surface area contributed by atoms with E-state index in [2.05, 4.69) is 164 Å². The van der Waals surface area contributed by atoms with Gasteiger partial charge in [-0.3, -0.25) is 30.4 Å². The first-order valence-electron chi connectivity index (χ1n) is 40.0. The van der Waals surface area contributed by atoms with Crippen LogP contribution in [0.15, 0.2) is 122 Å².